The normalized spacial score (nSPS) is 10.5. The number of hydrogen-bond acceptors (Lipinski definition) is 3. The topological polar surface area (TPSA) is 57.9 Å². The molecule has 0 saturated carbocycles. The van der Waals surface area contributed by atoms with Crippen molar-refractivity contribution in [3.8, 4) is 6.07 Å². The van der Waals surface area contributed by atoms with Crippen LogP contribution < -0.4 is 0 Å². The van der Waals surface area contributed by atoms with Gasteiger partial charge in [-0.15, -0.1) is 0 Å². The highest BCUT2D eigenvalue weighted by molar-refractivity contribution is 8.01. The van der Waals surface area contributed by atoms with Crippen LogP contribution in [-0.4, -0.2) is 27.9 Å². The lowest BCUT2D eigenvalue weighted by Gasteiger charge is -1.97. The molecule has 0 amide bonds. The Kier molecular flexibility index (Phi) is 3.28. The highest BCUT2D eigenvalue weighted by atomic mass is 32.2. The van der Waals surface area contributed by atoms with Gasteiger partial charge in [0.15, 0.2) is 5.78 Å². The lowest BCUT2D eigenvalue weighted by atomic mass is 10.1. The summed E-state index contributed by atoms with van der Waals surface area (Å²) in [7, 11) is -2.18. The Labute approximate surface area is 89.4 Å². The minimum atomic E-state index is -2.18. The third-order valence-electron chi connectivity index (χ3n) is 1.69. The molecule has 3 nitrogen and oxygen atoms in total. The first kappa shape index (κ1) is 11.5. The van der Waals surface area contributed by atoms with Gasteiger partial charge in [0.05, 0.1) is 11.6 Å². The number of benzene rings is 1. The lowest BCUT2D eigenvalue weighted by molar-refractivity contribution is 0.107. The Morgan fingerprint density at radius 2 is 1.87 bits per heavy atom. The van der Waals surface area contributed by atoms with E-state index in [9.17, 15) is 9.00 Å². The molecule has 4 heteroatoms. The number of hydrogen-bond donors (Lipinski definition) is 0. The van der Waals surface area contributed by atoms with Crippen molar-refractivity contribution in [2.45, 2.75) is 0 Å². The molecular formula is C11H11NO2S. The second-order valence-electron chi connectivity index (χ2n) is 3.48. The van der Waals surface area contributed by atoms with Gasteiger partial charge in [0.2, 0.25) is 0 Å². The van der Waals surface area contributed by atoms with E-state index in [-0.39, 0.29) is 5.78 Å². The van der Waals surface area contributed by atoms with Crippen molar-refractivity contribution in [1.82, 2.24) is 0 Å². The maximum Gasteiger partial charge on any atom is 0.193 e. The molecule has 1 rings (SSSR count). The Bertz CT molecular complexity index is 521. The van der Waals surface area contributed by atoms with Crippen molar-refractivity contribution >= 4 is 20.7 Å². The maximum atomic E-state index is 11.5. The Morgan fingerprint density at radius 1 is 1.33 bits per heavy atom. The first-order valence-corrected chi connectivity index (χ1v) is 6.69. The van der Waals surface area contributed by atoms with Crippen molar-refractivity contribution in [3.05, 3.63) is 35.4 Å². The van der Waals surface area contributed by atoms with Gasteiger partial charge in [-0.3, -0.25) is 9.00 Å². The van der Waals surface area contributed by atoms with Crippen molar-refractivity contribution in [3.63, 3.8) is 0 Å². The molecule has 0 atom stereocenters. The Hall–Kier alpha value is -1.60. The molecule has 0 aliphatic carbocycles. The molecule has 15 heavy (non-hydrogen) atoms. The van der Waals surface area contributed by atoms with Crippen molar-refractivity contribution < 1.29 is 9.00 Å². The number of nitrogens with zero attached hydrogens (tertiary/aromatic N) is 1. The molecular weight excluding hydrogens is 210 g/mol. The summed E-state index contributed by atoms with van der Waals surface area (Å²) in [5, 5.41) is 9.78. The Balaban J connectivity index is 3.05. The first-order chi connectivity index (χ1) is 6.92. The average Bonchev–Trinajstić information content (AvgIpc) is 2.15. The number of carbonyl (C=O) groups is 1. The van der Waals surface area contributed by atoms with Crippen molar-refractivity contribution in [2.75, 3.05) is 12.5 Å². The van der Waals surface area contributed by atoms with E-state index in [4.69, 9.17) is 5.26 Å². The summed E-state index contributed by atoms with van der Waals surface area (Å²) in [5.41, 5.74) is 0.950. The van der Waals surface area contributed by atoms with Gasteiger partial charge < -0.3 is 0 Å². The molecule has 0 fully saturated rings. The summed E-state index contributed by atoms with van der Waals surface area (Å²) in [6.45, 7) is 0. The second kappa shape index (κ2) is 4.28. The summed E-state index contributed by atoms with van der Waals surface area (Å²) in [4.78, 5) is 11.5. The van der Waals surface area contributed by atoms with Crippen LogP contribution in [0.3, 0.4) is 0 Å². The summed E-state index contributed by atoms with van der Waals surface area (Å²) in [6, 6.07) is 8.21. The monoisotopic (exact) mass is 221 g/mol. The van der Waals surface area contributed by atoms with Crippen LogP contribution in [0.4, 0.5) is 0 Å². The lowest BCUT2D eigenvalue weighted by Crippen LogP contribution is -2.08. The molecule has 1 aromatic carbocycles. The molecule has 0 N–H and O–H groups in total. The molecule has 0 spiro atoms. The van der Waals surface area contributed by atoms with Gasteiger partial charge in [-0.2, -0.15) is 5.26 Å². The SMILES string of the molecule is CS(C)(=O)=CC(=O)c1ccc(C#N)cc1. The van der Waals surface area contributed by atoms with E-state index in [0.29, 0.717) is 11.1 Å². The summed E-state index contributed by atoms with van der Waals surface area (Å²) >= 11 is 0. The molecule has 0 aliphatic rings. The van der Waals surface area contributed by atoms with Crippen molar-refractivity contribution in [2.24, 2.45) is 0 Å². The van der Waals surface area contributed by atoms with Crippen LogP contribution in [0.5, 0.6) is 0 Å². The predicted molar refractivity (Wildman–Crippen MR) is 61.5 cm³/mol. The van der Waals surface area contributed by atoms with Gasteiger partial charge in [0.25, 0.3) is 0 Å². The van der Waals surface area contributed by atoms with Crippen LogP contribution in [0.2, 0.25) is 0 Å². The van der Waals surface area contributed by atoms with Crippen LogP contribution in [0.25, 0.3) is 0 Å². The summed E-state index contributed by atoms with van der Waals surface area (Å²) in [6.07, 6.45) is 3.02. The van der Waals surface area contributed by atoms with Gasteiger partial charge in [0, 0.05) is 23.4 Å². The van der Waals surface area contributed by atoms with E-state index >= 15 is 0 Å². The minimum Gasteiger partial charge on any atom is -0.289 e. The zero-order valence-electron chi connectivity index (χ0n) is 8.56. The standard InChI is InChI=1S/C11H11NO2S/c1-15(2,14)8-11(13)10-5-3-9(7-12)4-6-10/h3-6,8H,1-2H3. The molecule has 0 radical (unpaired) electrons. The quantitative estimate of drug-likeness (QED) is 0.555. The zero-order chi connectivity index (χ0) is 11.5. The van der Waals surface area contributed by atoms with Crippen LogP contribution in [-0.2, 0) is 9.52 Å². The van der Waals surface area contributed by atoms with E-state index in [1.165, 1.54) is 17.9 Å². The predicted octanol–water partition coefficient (Wildman–Crippen LogP) is 1.09. The highest BCUT2D eigenvalue weighted by Crippen LogP contribution is 2.03. The molecule has 78 valence electrons. The first-order valence-electron chi connectivity index (χ1n) is 4.26. The number of Topliss-reactive ketones (excluding diaryl/α,β-unsaturated/α-hetero) is 1. The molecule has 0 saturated heterocycles. The number of nitriles is 1. The fraction of sp³-hybridized carbons (Fsp3) is 0.182. The largest absolute Gasteiger partial charge is 0.289 e. The Morgan fingerprint density at radius 3 is 2.27 bits per heavy atom. The third kappa shape index (κ3) is 3.56. The molecule has 0 unspecified atom stereocenters. The maximum absolute atomic E-state index is 11.5. The van der Waals surface area contributed by atoms with Gasteiger partial charge in [-0.1, -0.05) is 0 Å². The van der Waals surface area contributed by atoms with Gasteiger partial charge in [-0.05, 0) is 33.8 Å². The van der Waals surface area contributed by atoms with Gasteiger partial charge in [-0.25, -0.2) is 0 Å². The fourth-order valence-corrected chi connectivity index (χ4v) is 1.69. The van der Waals surface area contributed by atoms with E-state index < -0.39 is 9.52 Å². The zero-order valence-corrected chi connectivity index (χ0v) is 9.38. The second-order valence-corrected chi connectivity index (χ2v) is 6.33. The summed E-state index contributed by atoms with van der Waals surface area (Å²) < 4.78 is 11.4. The molecule has 1 aromatic rings. The number of carbonyl (C=O) groups excluding carboxylic acids is 1. The van der Waals surface area contributed by atoms with Crippen LogP contribution in [0.1, 0.15) is 15.9 Å². The molecule has 0 bridgehead atoms. The fourth-order valence-electron chi connectivity index (χ4n) is 1.03. The number of ketones is 1. The van der Waals surface area contributed by atoms with E-state index in [0.717, 1.165) is 0 Å². The minimum absolute atomic E-state index is 0.269. The average molecular weight is 221 g/mol. The molecule has 0 aromatic heterocycles. The number of rotatable bonds is 2. The van der Waals surface area contributed by atoms with Crippen LogP contribution in [0.15, 0.2) is 24.3 Å². The van der Waals surface area contributed by atoms with Crippen LogP contribution in [0, 0.1) is 11.3 Å². The van der Waals surface area contributed by atoms with Gasteiger partial charge in [0.1, 0.15) is 0 Å². The summed E-state index contributed by atoms with van der Waals surface area (Å²) in [5.74, 6) is -0.269. The third-order valence-corrected chi connectivity index (χ3v) is 2.47. The molecule has 0 heterocycles. The molecule has 0 aliphatic heterocycles. The smallest absolute Gasteiger partial charge is 0.193 e. The van der Waals surface area contributed by atoms with Crippen LogP contribution >= 0.6 is 0 Å². The van der Waals surface area contributed by atoms with Gasteiger partial charge >= 0.3 is 0 Å². The van der Waals surface area contributed by atoms with E-state index in [1.807, 2.05) is 6.07 Å². The van der Waals surface area contributed by atoms with Crippen molar-refractivity contribution in [1.29, 1.82) is 5.26 Å². The van der Waals surface area contributed by atoms with E-state index in [2.05, 4.69) is 0 Å². The highest BCUT2D eigenvalue weighted by Gasteiger charge is 2.04. The van der Waals surface area contributed by atoms with E-state index in [1.54, 1.807) is 24.3 Å².